The Kier molecular flexibility index (Phi) is 4.95. The van der Waals surface area contributed by atoms with Gasteiger partial charge in [-0.25, -0.2) is 9.59 Å². The number of hydrogen-bond acceptors (Lipinski definition) is 3. The van der Waals surface area contributed by atoms with Gasteiger partial charge in [0, 0.05) is 13.2 Å². The maximum absolute atomic E-state index is 11.7. The van der Waals surface area contributed by atoms with E-state index in [0.29, 0.717) is 0 Å². The zero-order valence-corrected chi connectivity index (χ0v) is 11.2. The Morgan fingerprint density at radius 3 is 2.61 bits per heavy atom. The second-order valence-corrected chi connectivity index (χ2v) is 5.57. The van der Waals surface area contributed by atoms with E-state index in [1.165, 1.54) is 7.11 Å². The third kappa shape index (κ3) is 4.52. The number of aliphatic carboxylic acids is 1. The molecule has 6 nitrogen and oxygen atoms in total. The number of amides is 2. The maximum atomic E-state index is 11.7. The highest BCUT2D eigenvalue weighted by Gasteiger charge is 2.32. The molecule has 3 N–H and O–H groups in total. The van der Waals surface area contributed by atoms with Crippen LogP contribution in [0.15, 0.2) is 0 Å². The Morgan fingerprint density at radius 2 is 2.17 bits per heavy atom. The molecule has 1 saturated carbocycles. The first kappa shape index (κ1) is 14.8. The summed E-state index contributed by atoms with van der Waals surface area (Å²) in [5.74, 6) is -1.10. The molecule has 0 heterocycles. The van der Waals surface area contributed by atoms with Gasteiger partial charge < -0.3 is 20.5 Å². The van der Waals surface area contributed by atoms with Crippen LogP contribution in [0.2, 0.25) is 0 Å². The van der Waals surface area contributed by atoms with Gasteiger partial charge in [0.15, 0.2) is 6.04 Å². The molecule has 1 aliphatic rings. The van der Waals surface area contributed by atoms with Crippen molar-refractivity contribution in [2.75, 3.05) is 13.7 Å². The summed E-state index contributed by atoms with van der Waals surface area (Å²) in [6.45, 7) is 4.29. The molecule has 0 saturated heterocycles. The third-order valence-electron chi connectivity index (χ3n) is 3.24. The quantitative estimate of drug-likeness (QED) is 0.685. The highest BCUT2D eigenvalue weighted by Crippen LogP contribution is 2.36. The summed E-state index contributed by atoms with van der Waals surface area (Å²) in [6, 6.07) is -1.33. The number of urea groups is 1. The standard InChI is InChI=1S/C12H22N2O4/c1-12(2)5-4-8(6-12)13-11(17)14-9(7-18-3)10(15)16/h8-9H,4-7H2,1-3H3,(H,15,16)(H2,13,14,17). The second kappa shape index (κ2) is 6.04. The summed E-state index contributed by atoms with van der Waals surface area (Å²) in [4.78, 5) is 22.5. The van der Waals surface area contributed by atoms with E-state index < -0.39 is 18.0 Å². The summed E-state index contributed by atoms with van der Waals surface area (Å²) < 4.78 is 4.75. The lowest BCUT2D eigenvalue weighted by molar-refractivity contribution is -0.140. The maximum Gasteiger partial charge on any atom is 0.328 e. The number of rotatable bonds is 5. The van der Waals surface area contributed by atoms with Crippen molar-refractivity contribution in [2.45, 2.75) is 45.2 Å². The zero-order chi connectivity index (χ0) is 13.8. The van der Waals surface area contributed by atoms with E-state index in [0.717, 1.165) is 19.3 Å². The molecular formula is C12H22N2O4. The fraction of sp³-hybridized carbons (Fsp3) is 0.833. The molecule has 6 heteroatoms. The average molecular weight is 258 g/mol. The Balaban J connectivity index is 2.39. The van der Waals surface area contributed by atoms with E-state index >= 15 is 0 Å². The summed E-state index contributed by atoms with van der Waals surface area (Å²) in [5, 5.41) is 14.1. The minimum absolute atomic E-state index is 0.0427. The van der Waals surface area contributed by atoms with Gasteiger partial charge in [0.1, 0.15) is 0 Å². The van der Waals surface area contributed by atoms with Gasteiger partial charge in [0.25, 0.3) is 0 Å². The Labute approximate surface area is 107 Å². The lowest BCUT2D eigenvalue weighted by Crippen LogP contribution is -2.50. The zero-order valence-electron chi connectivity index (χ0n) is 11.2. The van der Waals surface area contributed by atoms with Gasteiger partial charge in [-0.2, -0.15) is 0 Å². The smallest absolute Gasteiger partial charge is 0.328 e. The molecule has 0 aromatic rings. The molecule has 2 unspecified atom stereocenters. The van der Waals surface area contributed by atoms with Crippen molar-refractivity contribution < 1.29 is 19.4 Å². The highest BCUT2D eigenvalue weighted by molar-refractivity contribution is 5.82. The van der Waals surface area contributed by atoms with Crippen molar-refractivity contribution in [3.05, 3.63) is 0 Å². The van der Waals surface area contributed by atoms with Crippen LogP contribution in [0.3, 0.4) is 0 Å². The van der Waals surface area contributed by atoms with Crippen molar-refractivity contribution >= 4 is 12.0 Å². The van der Waals surface area contributed by atoms with Crippen LogP contribution in [0, 0.1) is 5.41 Å². The normalized spacial score (nSPS) is 23.4. The predicted molar refractivity (Wildman–Crippen MR) is 66.4 cm³/mol. The SMILES string of the molecule is COCC(NC(=O)NC1CCC(C)(C)C1)C(=O)O. The van der Waals surface area contributed by atoms with Crippen LogP contribution < -0.4 is 10.6 Å². The van der Waals surface area contributed by atoms with Crippen molar-refractivity contribution in [3.63, 3.8) is 0 Å². The first-order valence-electron chi connectivity index (χ1n) is 6.13. The monoisotopic (exact) mass is 258 g/mol. The first-order chi connectivity index (χ1) is 8.34. The van der Waals surface area contributed by atoms with E-state index in [1.54, 1.807) is 0 Å². The summed E-state index contributed by atoms with van der Waals surface area (Å²) in [5.41, 5.74) is 0.247. The number of carbonyl (C=O) groups excluding carboxylic acids is 1. The molecule has 2 atom stereocenters. The van der Waals surface area contributed by atoms with Crippen LogP contribution in [0.5, 0.6) is 0 Å². The molecule has 0 radical (unpaired) electrons. The lowest BCUT2D eigenvalue weighted by Gasteiger charge is -2.19. The molecular weight excluding hydrogens is 236 g/mol. The van der Waals surface area contributed by atoms with Gasteiger partial charge in [-0.05, 0) is 24.7 Å². The van der Waals surface area contributed by atoms with Crippen LogP contribution in [-0.2, 0) is 9.53 Å². The van der Waals surface area contributed by atoms with Gasteiger partial charge >= 0.3 is 12.0 Å². The number of nitrogens with one attached hydrogen (secondary N) is 2. The van der Waals surface area contributed by atoms with E-state index in [2.05, 4.69) is 24.5 Å². The fourth-order valence-electron chi connectivity index (χ4n) is 2.29. The van der Waals surface area contributed by atoms with Crippen molar-refractivity contribution in [1.29, 1.82) is 0 Å². The second-order valence-electron chi connectivity index (χ2n) is 5.57. The number of hydrogen-bond donors (Lipinski definition) is 3. The van der Waals surface area contributed by atoms with Gasteiger partial charge in [-0.15, -0.1) is 0 Å². The Morgan fingerprint density at radius 1 is 1.50 bits per heavy atom. The van der Waals surface area contributed by atoms with E-state index in [1.807, 2.05) is 0 Å². The first-order valence-corrected chi connectivity index (χ1v) is 6.13. The molecule has 2 amide bonds. The van der Waals surface area contributed by atoms with Crippen molar-refractivity contribution in [3.8, 4) is 0 Å². The minimum atomic E-state index is -1.10. The number of carbonyl (C=O) groups is 2. The number of ether oxygens (including phenoxy) is 1. The minimum Gasteiger partial charge on any atom is -0.480 e. The molecule has 0 spiro atoms. The predicted octanol–water partition coefficient (Wildman–Crippen LogP) is 0.964. The highest BCUT2D eigenvalue weighted by atomic mass is 16.5. The van der Waals surface area contributed by atoms with Crippen LogP contribution in [0.4, 0.5) is 4.79 Å². The molecule has 1 fully saturated rings. The Hall–Kier alpha value is -1.30. The average Bonchev–Trinajstić information content (AvgIpc) is 2.57. The summed E-state index contributed by atoms with van der Waals surface area (Å²) in [7, 11) is 1.40. The summed E-state index contributed by atoms with van der Waals surface area (Å²) in [6.07, 6.45) is 2.92. The van der Waals surface area contributed by atoms with E-state index in [-0.39, 0.29) is 18.1 Å². The van der Waals surface area contributed by atoms with Gasteiger partial charge in [-0.3, -0.25) is 0 Å². The van der Waals surface area contributed by atoms with Crippen molar-refractivity contribution in [2.24, 2.45) is 5.41 Å². The number of carboxylic acids is 1. The largest absolute Gasteiger partial charge is 0.480 e. The summed E-state index contributed by atoms with van der Waals surface area (Å²) >= 11 is 0. The molecule has 1 rings (SSSR count). The van der Waals surface area contributed by atoms with E-state index in [4.69, 9.17) is 9.84 Å². The third-order valence-corrected chi connectivity index (χ3v) is 3.24. The molecule has 1 aliphatic carbocycles. The van der Waals surface area contributed by atoms with Gasteiger partial charge in [0.05, 0.1) is 6.61 Å². The van der Waals surface area contributed by atoms with Gasteiger partial charge in [-0.1, -0.05) is 13.8 Å². The fourth-order valence-corrected chi connectivity index (χ4v) is 2.29. The van der Waals surface area contributed by atoms with Crippen LogP contribution in [-0.4, -0.2) is 42.9 Å². The van der Waals surface area contributed by atoms with E-state index in [9.17, 15) is 9.59 Å². The lowest BCUT2D eigenvalue weighted by atomic mass is 9.92. The van der Waals surface area contributed by atoms with Crippen molar-refractivity contribution in [1.82, 2.24) is 10.6 Å². The topological polar surface area (TPSA) is 87.7 Å². The van der Waals surface area contributed by atoms with Crippen LogP contribution >= 0.6 is 0 Å². The molecule has 18 heavy (non-hydrogen) atoms. The van der Waals surface area contributed by atoms with Gasteiger partial charge in [0.2, 0.25) is 0 Å². The molecule has 0 aromatic heterocycles. The number of carboxylic acid groups (broad SMARTS) is 1. The van der Waals surface area contributed by atoms with Crippen LogP contribution in [0.1, 0.15) is 33.1 Å². The molecule has 0 bridgehead atoms. The molecule has 0 aromatic carbocycles. The molecule has 104 valence electrons. The van der Waals surface area contributed by atoms with Crippen LogP contribution in [0.25, 0.3) is 0 Å². The molecule has 0 aliphatic heterocycles. The number of methoxy groups -OCH3 is 1. The Bertz CT molecular complexity index is 317.